The van der Waals surface area contributed by atoms with Gasteiger partial charge in [0.05, 0.1) is 7.11 Å². The normalized spacial score (nSPS) is 9.80. The van der Waals surface area contributed by atoms with Crippen molar-refractivity contribution in [1.82, 2.24) is 14.9 Å². The van der Waals surface area contributed by atoms with Gasteiger partial charge in [-0.1, -0.05) is 0 Å². The molecule has 0 amide bonds. The highest BCUT2D eigenvalue weighted by atomic mass is 16.5. The number of methoxy groups -OCH3 is 1. The second-order valence-corrected chi connectivity index (χ2v) is 2.97. The molecule has 82 valence electrons. The lowest BCUT2D eigenvalue weighted by Gasteiger charge is -2.20. The second-order valence-electron chi connectivity index (χ2n) is 2.97. The maximum Gasteiger partial charge on any atom is 0.216 e. The number of amidine groups is 1. The van der Waals surface area contributed by atoms with Gasteiger partial charge in [-0.3, -0.25) is 5.41 Å². The number of hydrogen-bond acceptors (Lipinski definition) is 4. The Balaban J connectivity index is 2.90. The van der Waals surface area contributed by atoms with E-state index < -0.39 is 0 Å². The molecule has 0 fully saturated rings. The maximum atomic E-state index is 7.94. The van der Waals surface area contributed by atoms with Crippen LogP contribution >= 0.6 is 0 Å². The SMILES string of the molecule is CCN(CC)C(=N)c1cc(OC)ncn1. The van der Waals surface area contributed by atoms with E-state index in [1.807, 2.05) is 18.7 Å². The summed E-state index contributed by atoms with van der Waals surface area (Å²) < 4.78 is 4.99. The van der Waals surface area contributed by atoms with E-state index >= 15 is 0 Å². The average molecular weight is 208 g/mol. The first-order valence-electron chi connectivity index (χ1n) is 4.92. The van der Waals surface area contributed by atoms with Crippen LogP contribution in [0.3, 0.4) is 0 Å². The van der Waals surface area contributed by atoms with Gasteiger partial charge >= 0.3 is 0 Å². The van der Waals surface area contributed by atoms with Gasteiger partial charge in [-0.25, -0.2) is 9.97 Å². The molecule has 0 aliphatic heterocycles. The van der Waals surface area contributed by atoms with E-state index in [4.69, 9.17) is 10.1 Å². The zero-order valence-corrected chi connectivity index (χ0v) is 9.32. The van der Waals surface area contributed by atoms with Crippen molar-refractivity contribution in [3.8, 4) is 5.88 Å². The van der Waals surface area contributed by atoms with Gasteiger partial charge in [-0.05, 0) is 13.8 Å². The molecule has 5 heteroatoms. The van der Waals surface area contributed by atoms with Crippen molar-refractivity contribution >= 4 is 5.84 Å². The third-order valence-corrected chi connectivity index (χ3v) is 2.17. The largest absolute Gasteiger partial charge is 0.481 e. The molecule has 0 saturated heterocycles. The van der Waals surface area contributed by atoms with Crippen LogP contribution in [0.15, 0.2) is 12.4 Å². The molecule has 1 aromatic rings. The minimum atomic E-state index is 0.403. The fraction of sp³-hybridized carbons (Fsp3) is 0.500. The monoisotopic (exact) mass is 208 g/mol. The molecular weight excluding hydrogens is 192 g/mol. The van der Waals surface area contributed by atoms with Crippen LogP contribution in [0.1, 0.15) is 19.5 Å². The van der Waals surface area contributed by atoms with Crippen molar-refractivity contribution in [3.63, 3.8) is 0 Å². The van der Waals surface area contributed by atoms with Crippen LogP contribution in [0.25, 0.3) is 0 Å². The van der Waals surface area contributed by atoms with Gasteiger partial charge in [0.1, 0.15) is 17.9 Å². The molecule has 0 spiro atoms. The van der Waals surface area contributed by atoms with Crippen LogP contribution in [0.4, 0.5) is 0 Å². The first-order chi connectivity index (χ1) is 7.22. The van der Waals surface area contributed by atoms with E-state index in [1.165, 1.54) is 6.33 Å². The summed E-state index contributed by atoms with van der Waals surface area (Å²) in [7, 11) is 1.55. The molecular formula is C10H16N4O. The minimum absolute atomic E-state index is 0.403. The molecule has 0 radical (unpaired) electrons. The molecule has 0 saturated carbocycles. The molecule has 1 N–H and O–H groups in total. The smallest absolute Gasteiger partial charge is 0.216 e. The molecule has 0 aliphatic rings. The van der Waals surface area contributed by atoms with E-state index in [9.17, 15) is 0 Å². The van der Waals surface area contributed by atoms with Crippen LogP contribution < -0.4 is 4.74 Å². The molecule has 1 aromatic heterocycles. The van der Waals surface area contributed by atoms with Gasteiger partial charge in [-0.15, -0.1) is 0 Å². The van der Waals surface area contributed by atoms with Crippen molar-refractivity contribution in [1.29, 1.82) is 5.41 Å². The zero-order chi connectivity index (χ0) is 11.3. The highest BCUT2D eigenvalue weighted by Gasteiger charge is 2.10. The highest BCUT2D eigenvalue weighted by molar-refractivity contribution is 5.94. The van der Waals surface area contributed by atoms with Gasteiger partial charge in [-0.2, -0.15) is 0 Å². The van der Waals surface area contributed by atoms with Crippen LogP contribution in [-0.2, 0) is 0 Å². The van der Waals surface area contributed by atoms with Crippen molar-refractivity contribution in [2.75, 3.05) is 20.2 Å². The fourth-order valence-electron chi connectivity index (χ4n) is 1.28. The topological polar surface area (TPSA) is 62.1 Å². The molecule has 0 aliphatic carbocycles. The van der Waals surface area contributed by atoms with Crippen molar-refractivity contribution in [3.05, 3.63) is 18.1 Å². The third-order valence-electron chi connectivity index (χ3n) is 2.17. The Morgan fingerprint density at radius 3 is 2.60 bits per heavy atom. The Hall–Kier alpha value is -1.65. The first-order valence-corrected chi connectivity index (χ1v) is 4.92. The first kappa shape index (κ1) is 11.4. The fourth-order valence-corrected chi connectivity index (χ4v) is 1.28. The van der Waals surface area contributed by atoms with Crippen LogP contribution in [0, 0.1) is 5.41 Å². The summed E-state index contributed by atoms with van der Waals surface area (Å²) in [6.07, 6.45) is 1.41. The zero-order valence-electron chi connectivity index (χ0n) is 9.32. The Kier molecular flexibility index (Phi) is 4.03. The predicted molar refractivity (Wildman–Crippen MR) is 58.3 cm³/mol. The van der Waals surface area contributed by atoms with Gasteiger partial charge in [0.15, 0.2) is 0 Å². The number of rotatable bonds is 4. The average Bonchev–Trinajstić information content (AvgIpc) is 2.30. The maximum absolute atomic E-state index is 7.94. The Morgan fingerprint density at radius 1 is 1.40 bits per heavy atom. The van der Waals surface area contributed by atoms with Gasteiger partial charge < -0.3 is 9.64 Å². The van der Waals surface area contributed by atoms with Gasteiger partial charge in [0, 0.05) is 19.2 Å². The molecule has 1 rings (SSSR count). The van der Waals surface area contributed by atoms with Crippen molar-refractivity contribution in [2.24, 2.45) is 0 Å². The molecule has 0 bridgehead atoms. The number of ether oxygens (including phenoxy) is 1. The van der Waals surface area contributed by atoms with E-state index in [-0.39, 0.29) is 0 Å². The summed E-state index contributed by atoms with van der Waals surface area (Å²) in [5.74, 6) is 0.887. The van der Waals surface area contributed by atoms with Gasteiger partial charge in [0.25, 0.3) is 0 Å². The molecule has 0 aromatic carbocycles. The second kappa shape index (κ2) is 5.29. The van der Waals surface area contributed by atoms with E-state index in [1.54, 1.807) is 13.2 Å². The predicted octanol–water partition coefficient (Wildman–Crippen LogP) is 1.15. The van der Waals surface area contributed by atoms with E-state index in [0.717, 1.165) is 13.1 Å². The number of nitrogens with zero attached hydrogens (tertiary/aromatic N) is 3. The minimum Gasteiger partial charge on any atom is -0.481 e. The quantitative estimate of drug-likeness (QED) is 0.595. The lowest BCUT2D eigenvalue weighted by Crippen LogP contribution is -2.31. The number of hydrogen-bond donors (Lipinski definition) is 1. The third kappa shape index (κ3) is 2.65. The Morgan fingerprint density at radius 2 is 2.07 bits per heavy atom. The van der Waals surface area contributed by atoms with Crippen LogP contribution in [0.2, 0.25) is 0 Å². The van der Waals surface area contributed by atoms with Crippen molar-refractivity contribution < 1.29 is 4.74 Å². The van der Waals surface area contributed by atoms with E-state index in [0.29, 0.717) is 17.4 Å². The van der Waals surface area contributed by atoms with Gasteiger partial charge in [0.2, 0.25) is 5.88 Å². The molecule has 15 heavy (non-hydrogen) atoms. The summed E-state index contributed by atoms with van der Waals surface area (Å²) >= 11 is 0. The Bertz CT molecular complexity index is 336. The summed E-state index contributed by atoms with van der Waals surface area (Å²) in [5.41, 5.74) is 0.588. The summed E-state index contributed by atoms with van der Waals surface area (Å²) in [6.45, 7) is 5.61. The summed E-state index contributed by atoms with van der Waals surface area (Å²) in [4.78, 5) is 9.87. The van der Waals surface area contributed by atoms with Crippen LogP contribution in [-0.4, -0.2) is 40.9 Å². The lowest BCUT2D eigenvalue weighted by atomic mass is 10.3. The van der Waals surface area contributed by atoms with Crippen LogP contribution in [0.5, 0.6) is 5.88 Å². The lowest BCUT2D eigenvalue weighted by molar-refractivity contribution is 0.396. The Labute approximate surface area is 89.6 Å². The van der Waals surface area contributed by atoms with Crippen molar-refractivity contribution in [2.45, 2.75) is 13.8 Å². The molecule has 1 heterocycles. The summed E-state index contributed by atoms with van der Waals surface area (Å²) in [5, 5.41) is 7.94. The van der Waals surface area contributed by atoms with E-state index in [2.05, 4.69) is 9.97 Å². The molecule has 0 atom stereocenters. The molecule has 0 unspecified atom stereocenters. The standard InChI is InChI=1S/C10H16N4O/c1-4-14(5-2)10(11)8-6-9(15-3)13-7-12-8/h6-7,11H,4-5H2,1-3H3. The number of nitrogens with one attached hydrogen (secondary N) is 1. The summed E-state index contributed by atoms with van der Waals surface area (Å²) in [6, 6.07) is 1.67. The highest BCUT2D eigenvalue weighted by Crippen LogP contribution is 2.08. The number of aromatic nitrogens is 2. The molecule has 5 nitrogen and oxygen atoms in total.